The molecule has 154 valence electrons. The van der Waals surface area contributed by atoms with Gasteiger partial charge in [-0.05, 0) is 73.8 Å². The van der Waals surface area contributed by atoms with Crippen LogP contribution in [-0.2, 0) is 10.0 Å². The zero-order valence-corrected chi connectivity index (χ0v) is 16.9. The van der Waals surface area contributed by atoms with Gasteiger partial charge in [-0.1, -0.05) is 12.7 Å². The molecule has 2 aliphatic carbocycles. The molecule has 2 N–H and O–H groups in total. The van der Waals surface area contributed by atoms with Crippen LogP contribution in [0.2, 0.25) is 0 Å². The maximum Gasteiger partial charge on any atom is 0.333 e. The molecule has 1 aromatic rings. The Hall–Kier alpha value is -2.74. The Kier molecular flexibility index (Phi) is 5.36. The van der Waals surface area contributed by atoms with Crippen LogP contribution in [-0.4, -0.2) is 21.2 Å². The highest BCUT2D eigenvalue weighted by Crippen LogP contribution is 2.36. The quantitative estimate of drug-likeness (QED) is 0.779. The van der Waals surface area contributed by atoms with Crippen LogP contribution in [0.3, 0.4) is 0 Å². The third-order valence-corrected chi connectivity index (χ3v) is 6.69. The van der Waals surface area contributed by atoms with Crippen molar-refractivity contribution >= 4 is 16.1 Å². The molecular weight excluding hydrogens is 392 g/mol. The molecule has 1 saturated carbocycles. The van der Waals surface area contributed by atoms with Crippen molar-refractivity contribution in [1.29, 1.82) is 0 Å². The predicted octanol–water partition coefficient (Wildman–Crippen LogP) is 3.90. The summed E-state index contributed by atoms with van der Waals surface area (Å²) in [5.74, 6) is 0.811. The Morgan fingerprint density at radius 1 is 1.03 bits per heavy atom. The third kappa shape index (κ3) is 4.17. The number of carbonyl (C=O) groups excluding carboxylic acids is 1. The molecule has 0 bridgehead atoms. The number of nitrogens with one attached hydrogen (secondary N) is 2. The summed E-state index contributed by atoms with van der Waals surface area (Å²) in [6.45, 7) is 4.18. The highest BCUT2D eigenvalue weighted by atomic mass is 32.2. The van der Waals surface area contributed by atoms with Gasteiger partial charge in [0.25, 0.3) is 10.0 Å². The molecule has 4 rings (SSSR count). The van der Waals surface area contributed by atoms with Gasteiger partial charge < -0.3 is 14.8 Å². The van der Waals surface area contributed by atoms with E-state index in [0.29, 0.717) is 17.2 Å². The topological polar surface area (TPSA) is 93.7 Å². The van der Waals surface area contributed by atoms with Crippen LogP contribution in [0.1, 0.15) is 44.9 Å². The first kappa shape index (κ1) is 19.6. The first-order chi connectivity index (χ1) is 13.9. The Balaban J connectivity index is 1.55. The van der Waals surface area contributed by atoms with E-state index in [4.69, 9.17) is 9.47 Å². The zero-order chi connectivity index (χ0) is 20.4. The molecular formula is C21H24N2O5S. The molecule has 1 aromatic carbocycles. The molecule has 0 atom stereocenters. The van der Waals surface area contributed by atoms with Crippen LogP contribution >= 0.6 is 0 Å². The zero-order valence-electron chi connectivity index (χ0n) is 16.1. The monoisotopic (exact) mass is 416 g/mol. The Bertz CT molecular complexity index is 1020. The lowest BCUT2D eigenvalue weighted by Gasteiger charge is -2.17. The molecule has 0 aromatic heterocycles. The largest absolute Gasteiger partial charge is 0.454 e. The molecule has 8 heteroatoms. The minimum atomic E-state index is -4.06. The van der Waals surface area contributed by atoms with E-state index in [1.54, 1.807) is 0 Å². The van der Waals surface area contributed by atoms with E-state index < -0.39 is 16.1 Å². The molecule has 7 nitrogen and oxygen atoms in total. The number of amides is 2. The van der Waals surface area contributed by atoms with Crippen LogP contribution in [0.4, 0.5) is 4.79 Å². The lowest BCUT2D eigenvalue weighted by atomic mass is 10.0. The Morgan fingerprint density at radius 2 is 1.86 bits per heavy atom. The second-order valence-corrected chi connectivity index (χ2v) is 9.04. The normalized spacial score (nSPS) is 20.8. The van der Waals surface area contributed by atoms with Gasteiger partial charge in [0.15, 0.2) is 11.5 Å². The van der Waals surface area contributed by atoms with Gasteiger partial charge in [0.1, 0.15) is 0 Å². The lowest BCUT2D eigenvalue weighted by molar-refractivity contribution is 0.174. The van der Waals surface area contributed by atoms with E-state index in [0.717, 1.165) is 56.1 Å². The van der Waals surface area contributed by atoms with Gasteiger partial charge in [-0.15, -0.1) is 0 Å². The Labute approximate surface area is 170 Å². The van der Waals surface area contributed by atoms with Gasteiger partial charge in [0, 0.05) is 11.8 Å². The number of benzene rings is 1. The van der Waals surface area contributed by atoms with Crippen molar-refractivity contribution in [3.05, 3.63) is 53.3 Å². The van der Waals surface area contributed by atoms with E-state index >= 15 is 0 Å². The number of hydrogen-bond donors (Lipinski definition) is 2. The number of ether oxygens (including phenoxy) is 2. The summed E-state index contributed by atoms with van der Waals surface area (Å²) in [5, 5.41) is 2.77. The van der Waals surface area contributed by atoms with Crippen LogP contribution in [0.15, 0.2) is 58.2 Å². The van der Waals surface area contributed by atoms with Gasteiger partial charge in [0.2, 0.25) is 6.79 Å². The van der Waals surface area contributed by atoms with Crippen LogP contribution < -0.4 is 19.5 Å². The van der Waals surface area contributed by atoms with Crippen molar-refractivity contribution in [2.24, 2.45) is 0 Å². The fraction of sp³-hybridized carbons (Fsp3) is 0.381. The van der Waals surface area contributed by atoms with E-state index in [1.807, 2.05) is 0 Å². The number of carbonyl (C=O) groups is 1. The van der Waals surface area contributed by atoms with E-state index in [2.05, 4.69) is 22.7 Å². The van der Waals surface area contributed by atoms with Gasteiger partial charge in [-0.25, -0.2) is 17.9 Å². The highest BCUT2D eigenvalue weighted by molar-refractivity contribution is 7.90. The smallest absolute Gasteiger partial charge is 0.333 e. The highest BCUT2D eigenvalue weighted by Gasteiger charge is 2.25. The van der Waals surface area contributed by atoms with Crippen molar-refractivity contribution in [2.75, 3.05) is 6.79 Å². The molecule has 0 radical (unpaired) electrons. The van der Waals surface area contributed by atoms with E-state index in [-0.39, 0.29) is 11.7 Å². The molecule has 0 unspecified atom stereocenters. The van der Waals surface area contributed by atoms with Crippen LogP contribution in [0.25, 0.3) is 0 Å². The molecule has 1 heterocycles. The molecule has 1 fully saturated rings. The number of urea groups is 1. The fourth-order valence-electron chi connectivity index (χ4n) is 3.90. The van der Waals surface area contributed by atoms with E-state index in [9.17, 15) is 13.2 Å². The van der Waals surface area contributed by atoms with Gasteiger partial charge in [0.05, 0.1) is 4.90 Å². The molecule has 1 aliphatic heterocycles. The van der Waals surface area contributed by atoms with Crippen molar-refractivity contribution in [3.63, 3.8) is 0 Å². The standard InChI is InChI=1S/C21H24N2O5S/c1-14-6-3-2-4-7-15-8-5-9-17(15)20(14)22-21(24)23-29(25,26)16-10-11-18-19(12-16)28-13-27-18/h7,10-12H,1-6,8-9,13H2,(H2,22,23,24)/b15-7-,20-17?. The van der Waals surface area contributed by atoms with Gasteiger partial charge >= 0.3 is 6.03 Å². The van der Waals surface area contributed by atoms with Crippen molar-refractivity contribution in [3.8, 4) is 11.5 Å². The average molecular weight is 416 g/mol. The predicted molar refractivity (Wildman–Crippen MR) is 108 cm³/mol. The van der Waals surface area contributed by atoms with E-state index in [1.165, 1.54) is 23.8 Å². The second kappa shape index (κ2) is 7.94. The average Bonchev–Trinajstić information content (AvgIpc) is 3.33. The van der Waals surface area contributed by atoms with Crippen molar-refractivity contribution in [1.82, 2.24) is 10.0 Å². The number of hydrogen-bond acceptors (Lipinski definition) is 5. The number of fused-ring (bicyclic) bond motifs is 2. The third-order valence-electron chi connectivity index (χ3n) is 5.36. The fourth-order valence-corrected chi connectivity index (χ4v) is 4.83. The minimum Gasteiger partial charge on any atom is -0.454 e. The summed E-state index contributed by atoms with van der Waals surface area (Å²) in [6.07, 6.45) is 8.95. The van der Waals surface area contributed by atoms with Gasteiger partial charge in [-0.3, -0.25) is 0 Å². The molecule has 3 aliphatic rings. The second-order valence-electron chi connectivity index (χ2n) is 7.36. The van der Waals surface area contributed by atoms with Crippen LogP contribution in [0, 0.1) is 0 Å². The number of sulfonamides is 1. The van der Waals surface area contributed by atoms with Gasteiger partial charge in [-0.2, -0.15) is 0 Å². The summed E-state index contributed by atoms with van der Waals surface area (Å²) in [6, 6.07) is 3.44. The molecule has 0 saturated heterocycles. The Morgan fingerprint density at radius 3 is 2.72 bits per heavy atom. The maximum atomic E-state index is 12.7. The molecule has 29 heavy (non-hydrogen) atoms. The summed E-state index contributed by atoms with van der Waals surface area (Å²) in [5.41, 5.74) is 3.81. The van der Waals surface area contributed by atoms with Crippen molar-refractivity contribution in [2.45, 2.75) is 49.8 Å². The summed E-state index contributed by atoms with van der Waals surface area (Å²) < 4.78 is 37.8. The molecule has 2 amide bonds. The number of allylic oxidation sites excluding steroid dienone is 4. The minimum absolute atomic E-state index is 0.0433. The summed E-state index contributed by atoms with van der Waals surface area (Å²) >= 11 is 0. The molecule has 0 spiro atoms. The van der Waals surface area contributed by atoms with Crippen molar-refractivity contribution < 1.29 is 22.7 Å². The van der Waals surface area contributed by atoms with Crippen LogP contribution in [0.5, 0.6) is 11.5 Å². The lowest BCUT2D eigenvalue weighted by Crippen LogP contribution is -2.39. The summed E-state index contributed by atoms with van der Waals surface area (Å²) in [4.78, 5) is 12.5. The number of rotatable bonds is 3. The summed E-state index contributed by atoms with van der Waals surface area (Å²) in [7, 11) is -4.06. The first-order valence-corrected chi connectivity index (χ1v) is 11.3. The first-order valence-electron chi connectivity index (χ1n) is 9.78. The maximum absolute atomic E-state index is 12.7. The SMILES string of the molecule is C=C1CCCC/C=C2/CCCC2=C1NC(=O)NS(=O)(=O)c1ccc2c(c1)OCO2.